The van der Waals surface area contributed by atoms with Crippen LogP contribution in [0.15, 0.2) is 67.0 Å². The summed E-state index contributed by atoms with van der Waals surface area (Å²) in [5, 5.41) is 2.91. The highest BCUT2D eigenvalue weighted by atomic mass is 16.5. The second-order valence-corrected chi connectivity index (χ2v) is 7.30. The highest BCUT2D eigenvalue weighted by molar-refractivity contribution is 5.92. The van der Waals surface area contributed by atoms with Crippen molar-refractivity contribution in [2.75, 3.05) is 5.32 Å². The van der Waals surface area contributed by atoms with Gasteiger partial charge in [-0.25, -0.2) is 9.97 Å². The molecule has 7 heteroatoms. The molecule has 0 saturated heterocycles. The minimum absolute atomic E-state index is 0.0639. The van der Waals surface area contributed by atoms with Crippen LogP contribution in [0.3, 0.4) is 0 Å². The van der Waals surface area contributed by atoms with Gasteiger partial charge in [-0.15, -0.1) is 0 Å². The molecule has 7 nitrogen and oxygen atoms in total. The first kappa shape index (κ1) is 20.3. The van der Waals surface area contributed by atoms with Crippen LogP contribution < -0.4 is 10.1 Å². The number of hydrogen-bond donors (Lipinski definition) is 1. The molecule has 1 amide bonds. The Morgan fingerprint density at radius 1 is 1.03 bits per heavy atom. The normalized spacial score (nSPS) is 10.7. The van der Waals surface area contributed by atoms with Gasteiger partial charge in [-0.05, 0) is 50.6 Å². The average molecular weight is 413 g/mol. The molecule has 2 aromatic heterocycles. The van der Waals surface area contributed by atoms with E-state index in [1.165, 1.54) is 0 Å². The van der Waals surface area contributed by atoms with Gasteiger partial charge in [0.15, 0.2) is 0 Å². The first-order valence-electron chi connectivity index (χ1n) is 9.95. The molecule has 1 N–H and O–H groups in total. The summed E-state index contributed by atoms with van der Waals surface area (Å²) in [5.74, 6) is 3.11. The Hall–Kier alpha value is -4.00. The number of amides is 1. The van der Waals surface area contributed by atoms with Crippen LogP contribution in [0.25, 0.3) is 5.82 Å². The van der Waals surface area contributed by atoms with Gasteiger partial charge in [-0.2, -0.15) is 4.98 Å². The molecule has 0 saturated carbocycles. The number of rotatable bonds is 6. The summed E-state index contributed by atoms with van der Waals surface area (Å²) in [4.78, 5) is 25.4. The Morgan fingerprint density at radius 2 is 1.84 bits per heavy atom. The average Bonchev–Trinajstić information content (AvgIpc) is 3.15. The number of imidazole rings is 1. The van der Waals surface area contributed by atoms with Crippen molar-refractivity contribution in [3.63, 3.8) is 0 Å². The van der Waals surface area contributed by atoms with E-state index in [-0.39, 0.29) is 5.91 Å². The minimum atomic E-state index is -0.0639. The Morgan fingerprint density at radius 3 is 2.55 bits per heavy atom. The fourth-order valence-electron chi connectivity index (χ4n) is 3.26. The quantitative estimate of drug-likeness (QED) is 0.501. The third-order valence-electron chi connectivity index (χ3n) is 4.68. The molecule has 0 aliphatic rings. The van der Waals surface area contributed by atoms with Crippen LogP contribution in [0, 0.1) is 20.8 Å². The molecule has 0 bridgehead atoms. The molecule has 0 spiro atoms. The molecule has 0 atom stereocenters. The van der Waals surface area contributed by atoms with Crippen molar-refractivity contribution >= 4 is 11.6 Å². The number of aryl methyl sites for hydroxylation is 3. The van der Waals surface area contributed by atoms with Gasteiger partial charge < -0.3 is 10.1 Å². The van der Waals surface area contributed by atoms with Crippen molar-refractivity contribution in [2.45, 2.75) is 27.2 Å². The lowest BCUT2D eigenvalue weighted by atomic mass is 10.1. The van der Waals surface area contributed by atoms with Crippen molar-refractivity contribution < 1.29 is 9.53 Å². The maximum absolute atomic E-state index is 12.3. The molecular weight excluding hydrogens is 390 g/mol. The zero-order valence-electron chi connectivity index (χ0n) is 17.7. The van der Waals surface area contributed by atoms with Crippen LogP contribution in [-0.2, 0) is 11.2 Å². The van der Waals surface area contributed by atoms with Crippen LogP contribution in [0.5, 0.6) is 11.6 Å². The lowest BCUT2D eigenvalue weighted by Gasteiger charge is -2.10. The topological polar surface area (TPSA) is 81.9 Å². The van der Waals surface area contributed by atoms with Crippen LogP contribution in [-0.4, -0.2) is 25.4 Å². The third kappa shape index (κ3) is 5.14. The van der Waals surface area contributed by atoms with Crippen molar-refractivity contribution in [1.29, 1.82) is 0 Å². The maximum atomic E-state index is 12.3. The van der Waals surface area contributed by atoms with E-state index < -0.39 is 0 Å². The molecule has 2 aromatic carbocycles. The monoisotopic (exact) mass is 413 g/mol. The SMILES string of the molecule is Cc1cccc(CC(=O)Nc2ccc(Oc3cc(-n4ccnc4C)nc(C)n3)cc2)c1. The predicted octanol–water partition coefficient (Wildman–Crippen LogP) is 4.56. The number of benzene rings is 2. The van der Waals surface area contributed by atoms with Gasteiger partial charge in [-0.3, -0.25) is 9.36 Å². The zero-order chi connectivity index (χ0) is 21.8. The molecule has 4 aromatic rings. The summed E-state index contributed by atoms with van der Waals surface area (Å²) in [6.07, 6.45) is 3.89. The molecule has 31 heavy (non-hydrogen) atoms. The predicted molar refractivity (Wildman–Crippen MR) is 119 cm³/mol. The van der Waals surface area contributed by atoms with Gasteiger partial charge in [0.1, 0.15) is 23.2 Å². The van der Waals surface area contributed by atoms with E-state index in [0.29, 0.717) is 35.4 Å². The molecule has 4 rings (SSSR count). The molecule has 0 aliphatic heterocycles. The number of carbonyl (C=O) groups excluding carboxylic acids is 1. The Labute approximate surface area is 180 Å². The van der Waals surface area contributed by atoms with E-state index in [1.807, 2.05) is 55.8 Å². The molecule has 156 valence electrons. The van der Waals surface area contributed by atoms with E-state index in [2.05, 4.69) is 20.3 Å². The van der Waals surface area contributed by atoms with Gasteiger partial charge in [0.25, 0.3) is 0 Å². The lowest BCUT2D eigenvalue weighted by molar-refractivity contribution is -0.115. The van der Waals surface area contributed by atoms with Crippen LogP contribution >= 0.6 is 0 Å². The summed E-state index contributed by atoms with van der Waals surface area (Å²) < 4.78 is 7.78. The summed E-state index contributed by atoms with van der Waals surface area (Å²) in [7, 11) is 0. The fourth-order valence-corrected chi connectivity index (χ4v) is 3.26. The standard InChI is InChI=1S/C24H23N5O2/c1-16-5-4-6-19(13-16)14-23(30)28-20-7-9-21(10-8-20)31-24-15-22(26-17(2)27-24)29-12-11-25-18(29)3/h4-13,15H,14H2,1-3H3,(H,28,30). The van der Waals surface area contributed by atoms with E-state index in [9.17, 15) is 4.79 Å². The second kappa shape index (κ2) is 8.79. The first-order chi connectivity index (χ1) is 15.0. The number of ether oxygens (including phenoxy) is 1. The van der Waals surface area contributed by atoms with Crippen molar-refractivity contribution in [2.24, 2.45) is 0 Å². The molecule has 2 heterocycles. The molecule has 0 unspecified atom stereocenters. The fraction of sp³-hybridized carbons (Fsp3) is 0.167. The van der Waals surface area contributed by atoms with Crippen molar-refractivity contribution in [3.05, 3.63) is 89.8 Å². The lowest BCUT2D eigenvalue weighted by Crippen LogP contribution is -2.14. The van der Waals surface area contributed by atoms with Gasteiger partial charge in [0, 0.05) is 24.1 Å². The maximum Gasteiger partial charge on any atom is 0.228 e. The first-order valence-corrected chi connectivity index (χ1v) is 9.95. The number of nitrogens with zero attached hydrogens (tertiary/aromatic N) is 4. The minimum Gasteiger partial charge on any atom is -0.439 e. The smallest absolute Gasteiger partial charge is 0.228 e. The van der Waals surface area contributed by atoms with Gasteiger partial charge in [0.2, 0.25) is 11.8 Å². The van der Waals surface area contributed by atoms with Crippen molar-refractivity contribution in [3.8, 4) is 17.4 Å². The number of hydrogen-bond acceptors (Lipinski definition) is 5. The third-order valence-corrected chi connectivity index (χ3v) is 4.68. The van der Waals surface area contributed by atoms with E-state index >= 15 is 0 Å². The van der Waals surface area contributed by atoms with Gasteiger partial charge >= 0.3 is 0 Å². The van der Waals surface area contributed by atoms with Crippen molar-refractivity contribution in [1.82, 2.24) is 19.5 Å². The number of anilines is 1. The second-order valence-electron chi connectivity index (χ2n) is 7.30. The largest absolute Gasteiger partial charge is 0.439 e. The number of nitrogens with one attached hydrogen (secondary N) is 1. The highest BCUT2D eigenvalue weighted by Gasteiger charge is 2.09. The summed E-state index contributed by atoms with van der Waals surface area (Å²) in [6.45, 7) is 5.73. The van der Waals surface area contributed by atoms with Gasteiger partial charge in [-0.1, -0.05) is 29.8 Å². The summed E-state index contributed by atoms with van der Waals surface area (Å²) in [6, 6.07) is 16.9. The molecule has 0 radical (unpaired) electrons. The van der Waals surface area contributed by atoms with Gasteiger partial charge in [0.05, 0.1) is 6.42 Å². The summed E-state index contributed by atoms with van der Waals surface area (Å²) >= 11 is 0. The Bertz CT molecular complexity index is 1210. The number of carbonyl (C=O) groups is 1. The van der Waals surface area contributed by atoms with E-state index in [4.69, 9.17) is 4.74 Å². The highest BCUT2D eigenvalue weighted by Crippen LogP contribution is 2.23. The molecule has 0 fully saturated rings. The Kier molecular flexibility index (Phi) is 5.75. The van der Waals surface area contributed by atoms with Crippen LogP contribution in [0.1, 0.15) is 22.8 Å². The number of aromatic nitrogens is 4. The Balaban J connectivity index is 1.42. The van der Waals surface area contributed by atoms with Crippen LogP contribution in [0.2, 0.25) is 0 Å². The van der Waals surface area contributed by atoms with Crippen LogP contribution in [0.4, 0.5) is 5.69 Å². The zero-order valence-corrected chi connectivity index (χ0v) is 17.7. The molecular formula is C24H23N5O2. The van der Waals surface area contributed by atoms with E-state index in [1.54, 1.807) is 36.5 Å². The molecule has 0 aliphatic carbocycles. The summed E-state index contributed by atoms with van der Waals surface area (Å²) in [5.41, 5.74) is 2.83. The van der Waals surface area contributed by atoms with E-state index in [0.717, 1.165) is 17.0 Å².